The molecular formula is C50H41NO. The van der Waals surface area contributed by atoms with Gasteiger partial charge >= 0.3 is 0 Å². The maximum atomic E-state index is 13.9. The molecule has 1 aliphatic carbocycles. The van der Waals surface area contributed by atoms with Gasteiger partial charge in [0.2, 0.25) is 0 Å². The van der Waals surface area contributed by atoms with Gasteiger partial charge in [-0.25, -0.2) is 0 Å². The van der Waals surface area contributed by atoms with Crippen molar-refractivity contribution in [1.82, 2.24) is 4.57 Å². The minimum atomic E-state index is -0.258. The van der Waals surface area contributed by atoms with Crippen LogP contribution in [0, 0.1) is 0 Å². The summed E-state index contributed by atoms with van der Waals surface area (Å²) in [6.45, 7) is 11.3. The number of hydrogen-bond acceptors (Lipinski definition) is 1. The lowest BCUT2D eigenvalue weighted by atomic mass is 9.68. The quantitative estimate of drug-likeness (QED) is 0.182. The first-order valence-corrected chi connectivity index (χ1v) is 18.2. The number of carbonyl (C=O) groups is 1. The highest BCUT2D eigenvalue weighted by molar-refractivity contribution is 6.14. The highest BCUT2D eigenvalue weighted by Gasteiger charge is 2.36. The molecule has 0 unspecified atom stereocenters. The van der Waals surface area contributed by atoms with Crippen LogP contribution in [0.3, 0.4) is 0 Å². The van der Waals surface area contributed by atoms with Gasteiger partial charge in [-0.05, 0) is 104 Å². The van der Waals surface area contributed by atoms with E-state index >= 15 is 0 Å². The summed E-state index contributed by atoms with van der Waals surface area (Å²) in [4.78, 5) is 13.9. The number of hydrogen-bond donors (Lipinski definition) is 0. The summed E-state index contributed by atoms with van der Waals surface area (Å²) in [5.74, 6) is 0.104. The monoisotopic (exact) mass is 671 g/mol. The average molecular weight is 672 g/mol. The van der Waals surface area contributed by atoms with Gasteiger partial charge in [-0.15, -0.1) is 0 Å². The molecule has 0 N–H and O–H groups in total. The summed E-state index contributed by atoms with van der Waals surface area (Å²) in [5, 5.41) is 2.42. The lowest BCUT2D eigenvalue weighted by Gasteiger charge is -2.34. The van der Waals surface area contributed by atoms with Gasteiger partial charge in [0.25, 0.3) is 0 Å². The average Bonchev–Trinajstić information content (AvgIpc) is 3.50. The van der Waals surface area contributed by atoms with Crippen LogP contribution in [0.15, 0.2) is 158 Å². The van der Waals surface area contributed by atoms with E-state index in [0.717, 1.165) is 44.6 Å². The Balaban J connectivity index is 1.27. The molecule has 0 fully saturated rings. The Morgan fingerprint density at radius 3 is 1.65 bits per heavy atom. The highest BCUT2D eigenvalue weighted by atomic mass is 16.1. The molecule has 52 heavy (non-hydrogen) atoms. The fourth-order valence-electron chi connectivity index (χ4n) is 8.26. The van der Waals surface area contributed by atoms with Gasteiger partial charge in [-0.1, -0.05) is 144 Å². The van der Waals surface area contributed by atoms with E-state index in [1.165, 1.54) is 44.1 Å². The van der Waals surface area contributed by atoms with E-state index in [2.05, 4.69) is 179 Å². The third-order valence-corrected chi connectivity index (χ3v) is 11.1. The zero-order valence-electron chi connectivity index (χ0n) is 30.4. The normalized spacial score (nSPS) is 13.7. The molecule has 0 amide bonds. The molecule has 7 aromatic carbocycles. The second kappa shape index (κ2) is 11.8. The number of benzene rings is 7. The topological polar surface area (TPSA) is 22.0 Å². The van der Waals surface area contributed by atoms with Crippen molar-refractivity contribution < 1.29 is 4.79 Å². The van der Waals surface area contributed by atoms with Crippen LogP contribution in [-0.4, -0.2) is 10.4 Å². The summed E-state index contributed by atoms with van der Waals surface area (Å²) < 4.78 is 2.43. The predicted molar refractivity (Wildman–Crippen MR) is 218 cm³/mol. The Labute approximate surface area is 306 Å². The predicted octanol–water partition coefficient (Wildman–Crippen LogP) is 13.0. The van der Waals surface area contributed by atoms with E-state index in [9.17, 15) is 4.79 Å². The standard InChI is InChI=1S/C50H41NO/c1-49(2,3)38-22-25-47-42(31-38)41-29-35(34-20-23-45-43(30-34)48(52)40-18-12-13-19-44(40)50(45,4)5)21-24-46(41)51(47)39-27-36(32-14-8-6-9-15-32)26-37(28-39)33-16-10-7-11-17-33/h6-31H,1-5H3. The maximum absolute atomic E-state index is 13.9. The summed E-state index contributed by atoms with van der Waals surface area (Å²) in [6.07, 6.45) is 0. The first-order valence-electron chi connectivity index (χ1n) is 18.2. The number of carbonyl (C=O) groups excluding carboxylic acids is 1. The molecule has 0 saturated carbocycles. The van der Waals surface area contributed by atoms with E-state index in [0.29, 0.717) is 0 Å². The largest absolute Gasteiger partial charge is 0.309 e. The lowest BCUT2D eigenvalue weighted by molar-refractivity contribution is 0.103. The summed E-state index contributed by atoms with van der Waals surface area (Å²) in [7, 11) is 0. The van der Waals surface area contributed by atoms with Crippen molar-refractivity contribution in [3.05, 3.63) is 186 Å². The van der Waals surface area contributed by atoms with Crippen LogP contribution in [0.5, 0.6) is 0 Å². The van der Waals surface area contributed by atoms with Crippen molar-refractivity contribution in [3.63, 3.8) is 0 Å². The van der Waals surface area contributed by atoms with Crippen LogP contribution in [0.4, 0.5) is 0 Å². The van der Waals surface area contributed by atoms with Gasteiger partial charge in [0.05, 0.1) is 11.0 Å². The first kappa shape index (κ1) is 32.0. The van der Waals surface area contributed by atoms with Crippen LogP contribution < -0.4 is 0 Å². The molecule has 2 heteroatoms. The van der Waals surface area contributed by atoms with Crippen molar-refractivity contribution in [2.24, 2.45) is 0 Å². The fourth-order valence-corrected chi connectivity index (χ4v) is 8.26. The van der Waals surface area contributed by atoms with Crippen LogP contribution in [0.25, 0.3) is 60.9 Å². The van der Waals surface area contributed by atoms with E-state index in [4.69, 9.17) is 0 Å². The van der Waals surface area contributed by atoms with Crippen molar-refractivity contribution in [2.75, 3.05) is 0 Å². The Kier molecular flexibility index (Phi) is 7.24. The van der Waals surface area contributed by atoms with Crippen molar-refractivity contribution in [1.29, 1.82) is 0 Å². The molecule has 8 aromatic rings. The Bertz CT molecular complexity index is 2630. The number of nitrogens with zero attached hydrogens (tertiary/aromatic N) is 1. The molecule has 252 valence electrons. The number of aromatic nitrogens is 1. The van der Waals surface area contributed by atoms with Gasteiger partial charge in [0.1, 0.15) is 0 Å². The van der Waals surface area contributed by atoms with Gasteiger partial charge in [-0.3, -0.25) is 4.79 Å². The van der Waals surface area contributed by atoms with Crippen molar-refractivity contribution in [3.8, 4) is 39.1 Å². The van der Waals surface area contributed by atoms with E-state index < -0.39 is 0 Å². The van der Waals surface area contributed by atoms with Crippen LogP contribution in [0.2, 0.25) is 0 Å². The molecule has 2 nitrogen and oxygen atoms in total. The van der Waals surface area contributed by atoms with E-state index in [1.54, 1.807) is 0 Å². The third kappa shape index (κ3) is 5.13. The maximum Gasteiger partial charge on any atom is 0.193 e. The summed E-state index contributed by atoms with van der Waals surface area (Å²) >= 11 is 0. The van der Waals surface area contributed by atoms with Crippen molar-refractivity contribution in [2.45, 2.75) is 45.4 Å². The molecule has 1 aliphatic rings. The van der Waals surface area contributed by atoms with Gasteiger partial charge in [0.15, 0.2) is 5.78 Å². The smallest absolute Gasteiger partial charge is 0.193 e. The summed E-state index contributed by atoms with van der Waals surface area (Å²) in [5.41, 5.74) is 15.1. The minimum Gasteiger partial charge on any atom is -0.309 e. The second-order valence-electron chi connectivity index (χ2n) is 15.8. The zero-order valence-corrected chi connectivity index (χ0v) is 30.4. The first-order chi connectivity index (χ1) is 25.1. The molecule has 1 aromatic heterocycles. The van der Waals surface area contributed by atoms with E-state index in [-0.39, 0.29) is 16.6 Å². The molecule has 0 spiro atoms. The highest BCUT2D eigenvalue weighted by Crippen LogP contribution is 2.44. The van der Waals surface area contributed by atoms with Crippen LogP contribution in [-0.2, 0) is 10.8 Å². The van der Waals surface area contributed by atoms with Gasteiger partial charge < -0.3 is 4.57 Å². The Morgan fingerprint density at radius 2 is 1.00 bits per heavy atom. The minimum absolute atomic E-state index is 0.00409. The second-order valence-corrected chi connectivity index (χ2v) is 15.8. The lowest BCUT2D eigenvalue weighted by Crippen LogP contribution is -2.30. The molecule has 9 rings (SSSR count). The fraction of sp³-hybridized carbons (Fsp3) is 0.140. The number of ketones is 1. The Hall–Kier alpha value is -5.99. The van der Waals surface area contributed by atoms with Crippen LogP contribution >= 0.6 is 0 Å². The molecule has 0 atom stereocenters. The van der Waals surface area contributed by atoms with Crippen molar-refractivity contribution >= 4 is 27.6 Å². The summed E-state index contributed by atoms with van der Waals surface area (Å²) in [6, 6.07) is 56.6. The molecule has 0 aliphatic heterocycles. The Morgan fingerprint density at radius 1 is 0.462 bits per heavy atom. The number of fused-ring (bicyclic) bond motifs is 5. The number of rotatable bonds is 4. The molecule has 1 heterocycles. The SMILES string of the molecule is CC(C)(C)c1ccc2c(c1)c1cc(-c3ccc4c(c3)C(=O)c3ccccc3C4(C)C)ccc1n2-c1cc(-c2ccccc2)cc(-c2ccccc2)c1. The van der Waals surface area contributed by atoms with E-state index in [1.807, 2.05) is 18.2 Å². The zero-order chi connectivity index (χ0) is 35.8. The van der Waals surface area contributed by atoms with Gasteiger partial charge in [-0.2, -0.15) is 0 Å². The molecule has 0 bridgehead atoms. The molecule has 0 saturated heterocycles. The molecular weight excluding hydrogens is 631 g/mol. The third-order valence-electron chi connectivity index (χ3n) is 11.1. The molecule has 0 radical (unpaired) electrons. The van der Waals surface area contributed by atoms with Crippen LogP contribution in [0.1, 0.15) is 67.2 Å². The van der Waals surface area contributed by atoms with Gasteiger partial charge in [0, 0.05) is 33.0 Å².